The van der Waals surface area contributed by atoms with E-state index in [1.165, 1.54) is 6.07 Å². The number of aryl methyl sites for hydroxylation is 2. The van der Waals surface area contributed by atoms with Crippen molar-refractivity contribution in [1.29, 1.82) is 0 Å². The summed E-state index contributed by atoms with van der Waals surface area (Å²) in [6.07, 6.45) is 1.10. The number of hydrogen-bond donors (Lipinski definition) is 2. The zero-order valence-electron chi connectivity index (χ0n) is 9.20. The lowest BCUT2D eigenvalue weighted by molar-refractivity contribution is -0.111. The minimum atomic E-state index is -1.06. The number of amides is 1. The normalized spacial score (nSPS) is 9.62. The number of carbonyl (C=O) groups is 2. The first-order chi connectivity index (χ1) is 7.45. The summed E-state index contributed by atoms with van der Waals surface area (Å²) in [5.74, 6) is -1.49. The minimum Gasteiger partial charge on any atom is -0.478 e. The monoisotopic (exact) mass is 219 g/mol. The highest BCUT2D eigenvalue weighted by molar-refractivity contribution is 6.05. The number of nitrogens with one attached hydrogen (secondary N) is 1. The Morgan fingerprint density at radius 1 is 1.38 bits per heavy atom. The number of aromatic carboxylic acids is 1. The third-order valence-electron chi connectivity index (χ3n) is 2.14. The highest BCUT2D eigenvalue weighted by atomic mass is 16.4. The fourth-order valence-electron chi connectivity index (χ4n) is 1.48. The number of carboxylic acid groups (broad SMARTS) is 1. The molecule has 0 saturated heterocycles. The Morgan fingerprint density at radius 2 is 2.00 bits per heavy atom. The molecular formula is C12H13NO3. The Kier molecular flexibility index (Phi) is 3.45. The maximum absolute atomic E-state index is 11.2. The van der Waals surface area contributed by atoms with Crippen molar-refractivity contribution in [2.24, 2.45) is 0 Å². The third-order valence-corrected chi connectivity index (χ3v) is 2.14. The summed E-state index contributed by atoms with van der Waals surface area (Å²) < 4.78 is 0. The second-order valence-corrected chi connectivity index (χ2v) is 3.50. The van der Waals surface area contributed by atoms with Crippen molar-refractivity contribution in [3.8, 4) is 0 Å². The molecule has 0 saturated carbocycles. The lowest BCUT2D eigenvalue weighted by Gasteiger charge is -2.11. The van der Waals surface area contributed by atoms with Crippen LogP contribution in [-0.2, 0) is 4.79 Å². The van der Waals surface area contributed by atoms with Crippen molar-refractivity contribution in [2.45, 2.75) is 13.8 Å². The molecule has 2 N–H and O–H groups in total. The first-order valence-corrected chi connectivity index (χ1v) is 4.73. The third kappa shape index (κ3) is 2.48. The molecule has 0 aromatic heterocycles. The van der Waals surface area contributed by atoms with Gasteiger partial charge in [-0.2, -0.15) is 0 Å². The summed E-state index contributed by atoms with van der Waals surface area (Å²) in [6, 6.07) is 3.33. The van der Waals surface area contributed by atoms with Crippen LogP contribution >= 0.6 is 0 Å². The van der Waals surface area contributed by atoms with Crippen LogP contribution in [0.3, 0.4) is 0 Å². The average molecular weight is 219 g/mol. The Bertz CT molecular complexity index is 464. The molecule has 4 nitrogen and oxygen atoms in total. The van der Waals surface area contributed by atoms with Crippen molar-refractivity contribution in [3.05, 3.63) is 41.5 Å². The van der Waals surface area contributed by atoms with Crippen LogP contribution in [0.1, 0.15) is 21.5 Å². The summed E-state index contributed by atoms with van der Waals surface area (Å²) in [6.45, 7) is 6.87. The van der Waals surface area contributed by atoms with Crippen LogP contribution in [0.2, 0.25) is 0 Å². The van der Waals surface area contributed by atoms with E-state index in [9.17, 15) is 9.59 Å². The van der Waals surface area contributed by atoms with Crippen LogP contribution in [0.4, 0.5) is 5.69 Å². The first kappa shape index (κ1) is 12.0. The van der Waals surface area contributed by atoms with E-state index < -0.39 is 11.9 Å². The van der Waals surface area contributed by atoms with Crippen LogP contribution in [0, 0.1) is 13.8 Å². The molecule has 84 valence electrons. The molecule has 0 spiro atoms. The van der Waals surface area contributed by atoms with E-state index in [-0.39, 0.29) is 5.56 Å². The second-order valence-electron chi connectivity index (χ2n) is 3.50. The smallest absolute Gasteiger partial charge is 0.337 e. The van der Waals surface area contributed by atoms with Gasteiger partial charge < -0.3 is 10.4 Å². The lowest BCUT2D eigenvalue weighted by atomic mass is 10.0. The number of benzene rings is 1. The van der Waals surface area contributed by atoms with Gasteiger partial charge in [-0.15, -0.1) is 0 Å². The molecule has 0 aliphatic rings. The lowest BCUT2D eigenvalue weighted by Crippen LogP contribution is -2.13. The van der Waals surface area contributed by atoms with E-state index in [2.05, 4.69) is 11.9 Å². The summed E-state index contributed by atoms with van der Waals surface area (Å²) in [7, 11) is 0. The topological polar surface area (TPSA) is 66.4 Å². The van der Waals surface area contributed by atoms with Gasteiger partial charge in [0.25, 0.3) is 0 Å². The van der Waals surface area contributed by atoms with E-state index in [4.69, 9.17) is 5.11 Å². The molecule has 0 bridgehead atoms. The number of carbonyl (C=O) groups excluding carboxylic acids is 1. The maximum Gasteiger partial charge on any atom is 0.337 e. The predicted octanol–water partition coefficient (Wildman–Crippen LogP) is 2.13. The van der Waals surface area contributed by atoms with E-state index in [1.807, 2.05) is 6.07 Å². The largest absolute Gasteiger partial charge is 0.478 e. The Hall–Kier alpha value is -2.10. The summed E-state index contributed by atoms with van der Waals surface area (Å²) >= 11 is 0. The van der Waals surface area contributed by atoms with Gasteiger partial charge in [-0.05, 0) is 37.1 Å². The molecule has 0 aliphatic heterocycles. The van der Waals surface area contributed by atoms with E-state index >= 15 is 0 Å². The van der Waals surface area contributed by atoms with Gasteiger partial charge in [-0.1, -0.05) is 12.6 Å². The second kappa shape index (κ2) is 4.61. The molecule has 0 radical (unpaired) electrons. The molecule has 16 heavy (non-hydrogen) atoms. The molecule has 0 heterocycles. The van der Waals surface area contributed by atoms with Gasteiger partial charge in [-0.3, -0.25) is 4.79 Å². The Labute approximate surface area is 93.6 Å². The van der Waals surface area contributed by atoms with Gasteiger partial charge in [0.2, 0.25) is 5.91 Å². The molecule has 1 aromatic carbocycles. The molecule has 0 atom stereocenters. The van der Waals surface area contributed by atoms with E-state index in [0.29, 0.717) is 11.3 Å². The number of hydrogen-bond acceptors (Lipinski definition) is 2. The van der Waals surface area contributed by atoms with Crippen molar-refractivity contribution in [2.75, 3.05) is 5.32 Å². The number of carboxylic acids is 1. The van der Waals surface area contributed by atoms with Gasteiger partial charge in [-0.25, -0.2) is 4.79 Å². The van der Waals surface area contributed by atoms with Gasteiger partial charge in [0.15, 0.2) is 0 Å². The van der Waals surface area contributed by atoms with Crippen LogP contribution in [0.15, 0.2) is 24.8 Å². The van der Waals surface area contributed by atoms with Crippen molar-refractivity contribution in [3.63, 3.8) is 0 Å². The van der Waals surface area contributed by atoms with Crippen LogP contribution in [0.5, 0.6) is 0 Å². The zero-order chi connectivity index (χ0) is 12.3. The average Bonchev–Trinajstić information content (AvgIpc) is 2.20. The fraction of sp³-hybridized carbons (Fsp3) is 0.167. The Morgan fingerprint density at radius 3 is 2.50 bits per heavy atom. The summed E-state index contributed by atoms with van der Waals surface area (Å²) in [5, 5.41) is 11.5. The first-order valence-electron chi connectivity index (χ1n) is 4.73. The molecule has 1 amide bonds. The Balaban J connectivity index is 3.29. The van der Waals surface area contributed by atoms with Crippen molar-refractivity contribution in [1.82, 2.24) is 0 Å². The number of rotatable bonds is 3. The zero-order valence-corrected chi connectivity index (χ0v) is 9.20. The standard InChI is InChI=1S/C12H13NO3/c1-4-10(14)13-11-8(3)5-7(2)6-9(11)12(15)16/h4-6H,1H2,2-3H3,(H,13,14)(H,15,16). The minimum absolute atomic E-state index is 0.0905. The van der Waals surface area contributed by atoms with Gasteiger partial charge in [0, 0.05) is 0 Å². The molecule has 0 aliphatic carbocycles. The molecule has 1 rings (SSSR count). The molecule has 0 fully saturated rings. The van der Waals surface area contributed by atoms with Crippen LogP contribution < -0.4 is 5.32 Å². The predicted molar refractivity (Wildman–Crippen MR) is 61.7 cm³/mol. The summed E-state index contributed by atoms with van der Waals surface area (Å²) in [5.41, 5.74) is 1.97. The quantitative estimate of drug-likeness (QED) is 0.765. The maximum atomic E-state index is 11.2. The number of anilines is 1. The van der Waals surface area contributed by atoms with Gasteiger partial charge >= 0.3 is 5.97 Å². The van der Waals surface area contributed by atoms with Crippen LogP contribution in [0.25, 0.3) is 0 Å². The van der Waals surface area contributed by atoms with E-state index in [0.717, 1.165) is 11.6 Å². The molecular weight excluding hydrogens is 206 g/mol. The van der Waals surface area contributed by atoms with Crippen molar-refractivity contribution >= 4 is 17.6 Å². The van der Waals surface area contributed by atoms with Crippen molar-refractivity contribution < 1.29 is 14.7 Å². The molecule has 0 unspecified atom stereocenters. The van der Waals surface area contributed by atoms with Gasteiger partial charge in [0.1, 0.15) is 0 Å². The van der Waals surface area contributed by atoms with Crippen LogP contribution in [-0.4, -0.2) is 17.0 Å². The highest BCUT2D eigenvalue weighted by Gasteiger charge is 2.14. The molecule has 1 aromatic rings. The molecule has 4 heteroatoms. The SMILES string of the molecule is C=CC(=O)Nc1c(C)cc(C)cc1C(=O)O. The summed E-state index contributed by atoms with van der Waals surface area (Å²) in [4.78, 5) is 22.2. The van der Waals surface area contributed by atoms with Gasteiger partial charge in [0.05, 0.1) is 11.3 Å². The highest BCUT2D eigenvalue weighted by Crippen LogP contribution is 2.22. The fourth-order valence-corrected chi connectivity index (χ4v) is 1.48. The van der Waals surface area contributed by atoms with E-state index in [1.54, 1.807) is 13.8 Å².